The summed E-state index contributed by atoms with van der Waals surface area (Å²) in [5.74, 6) is 1.18. The van der Waals surface area contributed by atoms with Gasteiger partial charge in [0, 0.05) is 11.6 Å². The molecule has 0 N–H and O–H groups in total. The topological polar surface area (TPSA) is 42.7 Å². The van der Waals surface area contributed by atoms with Crippen LogP contribution in [0.25, 0.3) is 22.3 Å². The summed E-state index contributed by atoms with van der Waals surface area (Å²) in [5.41, 5.74) is 1.38. The molecule has 1 heterocycles. The summed E-state index contributed by atoms with van der Waals surface area (Å²) in [6.45, 7) is 1.73. The van der Waals surface area contributed by atoms with E-state index in [0.29, 0.717) is 29.1 Å². The zero-order valence-electron chi connectivity index (χ0n) is 16.5. The molecule has 0 amide bonds. The van der Waals surface area contributed by atoms with Gasteiger partial charge in [-0.25, -0.2) is 0 Å². The molecule has 0 aliphatic heterocycles. The number of ether oxygens (including phenoxy) is 1. The van der Waals surface area contributed by atoms with Crippen molar-refractivity contribution in [1.82, 2.24) is 4.90 Å². The lowest BCUT2D eigenvalue weighted by Gasteiger charge is -2.10. The molecule has 0 unspecified atom stereocenters. The van der Waals surface area contributed by atoms with Gasteiger partial charge in [-0.2, -0.15) is 0 Å². The van der Waals surface area contributed by atoms with E-state index in [1.165, 1.54) is 12.8 Å². The van der Waals surface area contributed by atoms with Crippen molar-refractivity contribution in [3.05, 3.63) is 64.8 Å². The molecule has 4 nitrogen and oxygen atoms in total. The standard InChI is InChI=1S/C23H27NO3.ClH/c1-24(2)15-8-3-4-9-16-26-20-13-10-14-21-23(20)19(25)17-22(27-21)18-11-6-5-7-12-18;/h5-7,10-14,17H,3-4,8-9,15-16H2,1-2H3;1H. The third-order valence-electron chi connectivity index (χ3n) is 4.53. The molecule has 0 radical (unpaired) electrons. The first-order valence-corrected chi connectivity index (χ1v) is 9.55. The Morgan fingerprint density at radius 1 is 0.929 bits per heavy atom. The van der Waals surface area contributed by atoms with Crippen LogP contribution in [0, 0.1) is 0 Å². The molecule has 3 rings (SSSR count). The maximum atomic E-state index is 12.7. The summed E-state index contributed by atoms with van der Waals surface area (Å²) in [6.07, 6.45) is 4.51. The fourth-order valence-corrected chi connectivity index (χ4v) is 3.11. The normalized spacial score (nSPS) is 10.8. The molecular formula is C23H28ClNO3. The van der Waals surface area contributed by atoms with Gasteiger partial charge < -0.3 is 14.1 Å². The number of nitrogens with zero attached hydrogens (tertiary/aromatic N) is 1. The Labute approximate surface area is 172 Å². The molecule has 28 heavy (non-hydrogen) atoms. The first-order valence-electron chi connectivity index (χ1n) is 9.55. The second-order valence-corrected chi connectivity index (χ2v) is 7.04. The Morgan fingerprint density at radius 3 is 2.43 bits per heavy atom. The van der Waals surface area contributed by atoms with E-state index < -0.39 is 0 Å². The summed E-state index contributed by atoms with van der Waals surface area (Å²) in [7, 11) is 4.19. The molecule has 0 aliphatic rings. The molecular weight excluding hydrogens is 374 g/mol. The smallest absolute Gasteiger partial charge is 0.197 e. The molecule has 0 atom stereocenters. The summed E-state index contributed by atoms with van der Waals surface area (Å²) in [5, 5.41) is 0.518. The Kier molecular flexibility index (Phi) is 8.55. The molecule has 150 valence electrons. The van der Waals surface area contributed by atoms with Crippen molar-refractivity contribution in [2.75, 3.05) is 27.2 Å². The van der Waals surface area contributed by atoms with Crippen molar-refractivity contribution in [2.45, 2.75) is 25.7 Å². The van der Waals surface area contributed by atoms with Crippen LogP contribution in [0.5, 0.6) is 5.75 Å². The largest absolute Gasteiger partial charge is 0.493 e. The minimum absolute atomic E-state index is 0. The molecule has 5 heteroatoms. The van der Waals surface area contributed by atoms with E-state index in [2.05, 4.69) is 19.0 Å². The highest BCUT2D eigenvalue weighted by atomic mass is 35.5. The summed E-state index contributed by atoms with van der Waals surface area (Å²) in [4.78, 5) is 14.9. The van der Waals surface area contributed by atoms with Gasteiger partial charge in [0.1, 0.15) is 22.5 Å². The molecule has 1 aromatic heterocycles. The summed E-state index contributed by atoms with van der Waals surface area (Å²) >= 11 is 0. The molecule has 0 fully saturated rings. The van der Waals surface area contributed by atoms with E-state index >= 15 is 0 Å². The fraction of sp³-hybridized carbons (Fsp3) is 0.348. The van der Waals surface area contributed by atoms with Crippen LogP contribution in [0.2, 0.25) is 0 Å². The van der Waals surface area contributed by atoms with E-state index in [0.717, 1.165) is 24.9 Å². The highest BCUT2D eigenvalue weighted by Gasteiger charge is 2.11. The highest BCUT2D eigenvalue weighted by molar-refractivity contribution is 5.85. The van der Waals surface area contributed by atoms with Crippen molar-refractivity contribution < 1.29 is 9.15 Å². The van der Waals surface area contributed by atoms with Gasteiger partial charge in [-0.1, -0.05) is 49.2 Å². The van der Waals surface area contributed by atoms with E-state index in [1.807, 2.05) is 48.5 Å². The summed E-state index contributed by atoms with van der Waals surface area (Å²) < 4.78 is 11.9. The lowest BCUT2D eigenvalue weighted by Crippen LogP contribution is -2.12. The van der Waals surface area contributed by atoms with Crippen LogP contribution in [0.3, 0.4) is 0 Å². The maximum Gasteiger partial charge on any atom is 0.197 e. The number of halogens is 1. The molecule has 0 aliphatic carbocycles. The van der Waals surface area contributed by atoms with Crippen LogP contribution in [0.1, 0.15) is 25.7 Å². The monoisotopic (exact) mass is 401 g/mol. The molecule has 3 aromatic rings. The summed E-state index contributed by atoms with van der Waals surface area (Å²) in [6, 6.07) is 16.7. The van der Waals surface area contributed by atoms with E-state index in [4.69, 9.17) is 9.15 Å². The Balaban J connectivity index is 0.00000280. The van der Waals surface area contributed by atoms with Crippen molar-refractivity contribution in [3.8, 4) is 17.1 Å². The highest BCUT2D eigenvalue weighted by Crippen LogP contribution is 2.27. The zero-order chi connectivity index (χ0) is 19.1. The SMILES string of the molecule is CN(C)CCCCCCOc1cccc2oc(-c3ccccc3)cc(=O)c12.Cl. The average Bonchev–Trinajstić information content (AvgIpc) is 2.67. The van der Waals surface area contributed by atoms with Gasteiger partial charge >= 0.3 is 0 Å². The van der Waals surface area contributed by atoms with Gasteiger partial charge in [-0.05, 0) is 45.6 Å². The number of hydrogen-bond acceptors (Lipinski definition) is 4. The predicted molar refractivity (Wildman–Crippen MR) is 118 cm³/mol. The van der Waals surface area contributed by atoms with Crippen molar-refractivity contribution in [3.63, 3.8) is 0 Å². The van der Waals surface area contributed by atoms with E-state index in [-0.39, 0.29) is 17.8 Å². The van der Waals surface area contributed by atoms with Gasteiger partial charge in [0.25, 0.3) is 0 Å². The predicted octanol–water partition coefficient (Wildman–Crippen LogP) is 5.38. The lowest BCUT2D eigenvalue weighted by molar-refractivity contribution is 0.305. The minimum Gasteiger partial charge on any atom is -0.493 e. The average molecular weight is 402 g/mol. The number of unbranched alkanes of at least 4 members (excludes halogenated alkanes) is 3. The van der Waals surface area contributed by atoms with Gasteiger partial charge in [0.2, 0.25) is 0 Å². The van der Waals surface area contributed by atoms with Crippen LogP contribution >= 0.6 is 12.4 Å². The second kappa shape index (κ2) is 10.9. The molecule has 0 saturated heterocycles. The molecule has 0 bridgehead atoms. The number of hydrogen-bond donors (Lipinski definition) is 0. The first kappa shape index (κ1) is 22.0. The second-order valence-electron chi connectivity index (χ2n) is 7.04. The zero-order valence-corrected chi connectivity index (χ0v) is 17.3. The van der Waals surface area contributed by atoms with Crippen LogP contribution in [0.15, 0.2) is 63.8 Å². The van der Waals surface area contributed by atoms with Crippen molar-refractivity contribution in [1.29, 1.82) is 0 Å². The fourth-order valence-electron chi connectivity index (χ4n) is 3.11. The van der Waals surface area contributed by atoms with Crippen LogP contribution < -0.4 is 10.2 Å². The Bertz CT molecular complexity index is 922. The minimum atomic E-state index is -0.0725. The first-order chi connectivity index (χ1) is 13.1. The maximum absolute atomic E-state index is 12.7. The number of benzene rings is 2. The van der Waals surface area contributed by atoms with Crippen molar-refractivity contribution >= 4 is 23.4 Å². The van der Waals surface area contributed by atoms with Gasteiger partial charge in [0.15, 0.2) is 5.43 Å². The number of rotatable bonds is 9. The van der Waals surface area contributed by atoms with Gasteiger partial charge in [-0.15, -0.1) is 12.4 Å². The third-order valence-corrected chi connectivity index (χ3v) is 4.53. The van der Waals surface area contributed by atoms with Gasteiger partial charge in [0.05, 0.1) is 6.61 Å². The molecule has 0 spiro atoms. The lowest BCUT2D eigenvalue weighted by atomic mass is 10.1. The van der Waals surface area contributed by atoms with Gasteiger partial charge in [-0.3, -0.25) is 4.79 Å². The third kappa shape index (κ3) is 5.85. The Morgan fingerprint density at radius 2 is 1.68 bits per heavy atom. The number of fused-ring (bicyclic) bond motifs is 1. The Hall–Kier alpha value is -2.30. The molecule has 2 aromatic carbocycles. The van der Waals surface area contributed by atoms with Crippen LogP contribution in [0.4, 0.5) is 0 Å². The van der Waals surface area contributed by atoms with E-state index in [1.54, 1.807) is 6.07 Å². The molecule has 0 saturated carbocycles. The van der Waals surface area contributed by atoms with Crippen LogP contribution in [-0.2, 0) is 0 Å². The van der Waals surface area contributed by atoms with Crippen LogP contribution in [-0.4, -0.2) is 32.1 Å². The quantitative estimate of drug-likeness (QED) is 0.451. The van der Waals surface area contributed by atoms with E-state index in [9.17, 15) is 4.79 Å². The van der Waals surface area contributed by atoms with Crippen molar-refractivity contribution in [2.24, 2.45) is 0 Å².